The van der Waals surface area contributed by atoms with Crippen molar-refractivity contribution in [1.82, 2.24) is 10.2 Å². The summed E-state index contributed by atoms with van der Waals surface area (Å²) < 4.78 is 12.8. The summed E-state index contributed by atoms with van der Waals surface area (Å²) in [6, 6.07) is 9.54. The zero-order chi connectivity index (χ0) is 15.2. The van der Waals surface area contributed by atoms with Crippen LogP contribution in [-0.2, 0) is 0 Å². The molecular weight excluding hydrogens is 289 g/mol. The average molecular weight is 307 g/mol. The summed E-state index contributed by atoms with van der Waals surface area (Å²) in [4.78, 5) is 15.1. The van der Waals surface area contributed by atoms with E-state index in [1.165, 1.54) is 29.1 Å². The molecule has 2 N–H and O–H groups in total. The number of urea groups is 1. The predicted molar refractivity (Wildman–Crippen MR) is 84.2 cm³/mol. The topological polar surface area (TPSA) is 44.4 Å². The van der Waals surface area contributed by atoms with E-state index < -0.39 is 0 Å². The highest BCUT2D eigenvalue weighted by Gasteiger charge is 2.16. The molecule has 1 atom stereocenters. The molecule has 0 bridgehead atoms. The first kappa shape index (κ1) is 15.5. The molecule has 1 aromatic carbocycles. The minimum atomic E-state index is -0.327. The maximum atomic E-state index is 12.8. The molecule has 1 unspecified atom stereocenters. The second-order valence-electron chi connectivity index (χ2n) is 4.84. The van der Waals surface area contributed by atoms with Crippen LogP contribution in [0.15, 0.2) is 41.8 Å². The molecule has 0 aliphatic rings. The van der Waals surface area contributed by atoms with Crippen LogP contribution in [0.25, 0.3) is 0 Å². The summed E-state index contributed by atoms with van der Waals surface area (Å²) in [5.74, 6) is -0.327. The van der Waals surface area contributed by atoms with E-state index in [1.54, 1.807) is 11.3 Å². The Kier molecular flexibility index (Phi) is 5.30. The van der Waals surface area contributed by atoms with Crippen molar-refractivity contribution in [3.8, 4) is 0 Å². The first-order chi connectivity index (χ1) is 10.1. The number of amides is 2. The van der Waals surface area contributed by atoms with E-state index >= 15 is 0 Å². The van der Waals surface area contributed by atoms with Crippen molar-refractivity contribution in [1.29, 1.82) is 0 Å². The number of anilines is 1. The number of carbonyl (C=O) groups is 1. The molecule has 21 heavy (non-hydrogen) atoms. The van der Waals surface area contributed by atoms with Gasteiger partial charge in [-0.1, -0.05) is 6.07 Å². The highest BCUT2D eigenvalue weighted by atomic mass is 32.1. The number of hydrogen-bond donors (Lipinski definition) is 2. The monoisotopic (exact) mass is 307 g/mol. The number of benzene rings is 1. The van der Waals surface area contributed by atoms with E-state index in [-0.39, 0.29) is 17.9 Å². The van der Waals surface area contributed by atoms with E-state index in [1.807, 2.05) is 25.5 Å². The van der Waals surface area contributed by atoms with Crippen molar-refractivity contribution < 1.29 is 9.18 Å². The van der Waals surface area contributed by atoms with Gasteiger partial charge in [0.05, 0.1) is 6.04 Å². The molecule has 112 valence electrons. The van der Waals surface area contributed by atoms with Gasteiger partial charge in [0.2, 0.25) is 0 Å². The SMILES string of the molecule is CN(C)C(CNC(=O)Nc1ccc(F)cc1)c1cccs1. The van der Waals surface area contributed by atoms with E-state index in [4.69, 9.17) is 0 Å². The third-order valence-corrected chi connectivity index (χ3v) is 4.03. The third kappa shape index (κ3) is 4.54. The molecule has 1 aromatic heterocycles. The van der Waals surface area contributed by atoms with Crippen LogP contribution in [-0.4, -0.2) is 31.6 Å². The van der Waals surface area contributed by atoms with Crippen LogP contribution < -0.4 is 10.6 Å². The molecule has 0 radical (unpaired) electrons. The molecule has 1 heterocycles. The number of halogens is 1. The fraction of sp³-hybridized carbons (Fsp3) is 0.267. The van der Waals surface area contributed by atoms with Gasteiger partial charge >= 0.3 is 6.03 Å². The lowest BCUT2D eigenvalue weighted by atomic mass is 10.2. The fourth-order valence-electron chi connectivity index (χ4n) is 1.92. The van der Waals surface area contributed by atoms with Crippen molar-refractivity contribution >= 4 is 23.1 Å². The lowest BCUT2D eigenvalue weighted by molar-refractivity contribution is 0.244. The van der Waals surface area contributed by atoms with E-state index in [0.717, 1.165) is 0 Å². The number of nitrogens with zero attached hydrogens (tertiary/aromatic N) is 1. The van der Waals surface area contributed by atoms with Crippen LogP contribution in [0.4, 0.5) is 14.9 Å². The quantitative estimate of drug-likeness (QED) is 0.890. The average Bonchev–Trinajstić information content (AvgIpc) is 2.95. The summed E-state index contributed by atoms with van der Waals surface area (Å²) in [7, 11) is 3.95. The third-order valence-electron chi connectivity index (χ3n) is 3.05. The standard InChI is InChI=1S/C15H18FN3OS/c1-19(2)13(14-4-3-9-21-14)10-17-15(20)18-12-7-5-11(16)6-8-12/h3-9,13H,10H2,1-2H3,(H2,17,18,20). The van der Waals surface area contributed by atoms with Crippen LogP contribution in [0.1, 0.15) is 10.9 Å². The van der Waals surface area contributed by atoms with Crippen LogP contribution in [0, 0.1) is 5.82 Å². The first-order valence-corrected chi connectivity index (χ1v) is 7.44. The summed E-state index contributed by atoms with van der Waals surface area (Å²) in [5.41, 5.74) is 0.562. The second-order valence-corrected chi connectivity index (χ2v) is 5.82. The van der Waals surface area contributed by atoms with E-state index in [2.05, 4.69) is 21.6 Å². The lowest BCUT2D eigenvalue weighted by Crippen LogP contribution is -2.36. The lowest BCUT2D eigenvalue weighted by Gasteiger charge is -2.23. The molecule has 0 spiro atoms. The molecule has 2 rings (SSSR count). The Morgan fingerprint density at radius 3 is 2.57 bits per heavy atom. The molecule has 0 saturated carbocycles. The Bertz CT molecular complexity index is 569. The summed E-state index contributed by atoms with van der Waals surface area (Å²) >= 11 is 1.66. The van der Waals surface area contributed by atoms with Gasteiger partial charge in [-0.2, -0.15) is 0 Å². The Morgan fingerprint density at radius 2 is 2.00 bits per heavy atom. The first-order valence-electron chi connectivity index (χ1n) is 6.56. The summed E-state index contributed by atoms with van der Waals surface area (Å²) in [6.45, 7) is 0.501. The maximum absolute atomic E-state index is 12.8. The second kappa shape index (κ2) is 7.19. The Morgan fingerprint density at radius 1 is 1.29 bits per heavy atom. The van der Waals surface area contributed by atoms with Crippen LogP contribution in [0.2, 0.25) is 0 Å². The normalized spacial score (nSPS) is 12.2. The molecule has 0 aliphatic carbocycles. The van der Waals surface area contributed by atoms with Gasteiger partial charge in [0.25, 0.3) is 0 Å². The Hall–Kier alpha value is -1.92. The van der Waals surface area contributed by atoms with Crippen molar-refractivity contribution in [2.75, 3.05) is 26.0 Å². The molecular formula is C15H18FN3OS. The van der Waals surface area contributed by atoms with Crippen molar-refractivity contribution in [3.05, 3.63) is 52.5 Å². The number of carbonyl (C=O) groups excluding carboxylic acids is 1. The number of rotatable bonds is 5. The van der Waals surface area contributed by atoms with Gasteiger partial charge in [0.1, 0.15) is 5.82 Å². The van der Waals surface area contributed by atoms with Gasteiger partial charge in [-0.15, -0.1) is 11.3 Å². The van der Waals surface area contributed by atoms with Crippen molar-refractivity contribution in [3.63, 3.8) is 0 Å². The predicted octanol–water partition coefficient (Wildman–Crippen LogP) is 3.31. The van der Waals surface area contributed by atoms with Gasteiger partial charge in [-0.3, -0.25) is 0 Å². The van der Waals surface area contributed by atoms with Crippen LogP contribution >= 0.6 is 11.3 Å². The van der Waals surface area contributed by atoms with Gasteiger partial charge in [-0.05, 0) is 49.8 Å². The fourth-order valence-corrected chi connectivity index (χ4v) is 2.84. The Labute approximate surface area is 127 Å². The smallest absolute Gasteiger partial charge is 0.319 e. The molecule has 2 aromatic rings. The zero-order valence-corrected chi connectivity index (χ0v) is 12.8. The molecule has 0 saturated heterocycles. The maximum Gasteiger partial charge on any atom is 0.319 e. The van der Waals surface area contributed by atoms with E-state index in [0.29, 0.717) is 12.2 Å². The zero-order valence-electron chi connectivity index (χ0n) is 12.0. The van der Waals surface area contributed by atoms with Crippen molar-refractivity contribution in [2.45, 2.75) is 6.04 Å². The molecule has 2 amide bonds. The Balaban J connectivity index is 1.89. The number of thiophene rings is 1. The van der Waals surface area contributed by atoms with Gasteiger partial charge < -0.3 is 15.5 Å². The highest BCUT2D eigenvalue weighted by Crippen LogP contribution is 2.22. The highest BCUT2D eigenvalue weighted by molar-refractivity contribution is 7.10. The molecule has 4 nitrogen and oxygen atoms in total. The van der Waals surface area contributed by atoms with E-state index in [9.17, 15) is 9.18 Å². The minimum absolute atomic E-state index is 0.129. The number of likely N-dealkylation sites (N-methyl/N-ethyl adjacent to an activating group) is 1. The van der Waals surface area contributed by atoms with Crippen LogP contribution in [0.5, 0.6) is 0 Å². The molecule has 0 aliphatic heterocycles. The molecule has 0 fully saturated rings. The van der Waals surface area contributed by atoms with Gasteiger partial charge in [0.15, 0.2) is 0 Å². The number of hydrogen-bond acceptors (Lipinski definition) is 3. The van der Waals surface area contributed by atoms with Crippen LogP contribution in [0.3, 0.4) is 0 Å². The largest absolute Gasteiger partial charge is 0.336 e. The molecule has 6 heteroatoms. The van der Waals surface area contributed by atoms with Crippen molar-refractivity contribution in [2.24, 2.45) is 0 Å². The summed E-state index contributed by atoms with van der Waals surface area (Å²) in [6.07, 6.45) is 0. The number of nitrogens with one attached hydrogen (secondary N) is 2. The minimum Gasteiger partial charge on any atom is -0.336 e. The van der Waals surface area contributed by atoms with Gasteiger partial charge in [-0.25, -0.2) is 9.18 Å². The summed E-state index contributed by atoms with van der Waals surface area (Å²) in [5, 5.41) is 7.53. The van der Waals surface area contributed by atoms with Gasteiger partial charge in [0, 0.05) is 17.1 Å².